The zero-order valence-electron chi connectivity index (χ0n) is 8.69. The molecule has 0 aromatic rings. The van der Waals surface area contributed by atoms with Gasteiger partial charge in [-0.15, -0.1) is 0 Å². The molecular formula is C10H17AuN2. The third-order valence-electron chi connectivity index (χ3n) is 2.69. The summed E-state index contributed by atoms with van der Waals surface area (Å²) >= 11 is 0. The van der Waals surface area contributed by atoms with Gasteiger partial charge in [-0.1, -0.05) is 33.5 Å². The summed E-state index contributed by atoms with van der Waals surface area (Å²) in [7, 11) is 0. The van der Waals surface area contributed by atoms with Gasteiger partial charge in [-0.3, -0.25) is 0 Å². The van der Waals surface area contributed by atoms with Crippen molar-refractivity contribution in [2.24, 2.45) is 10.9 Å². The van der Waals surface area contributed by atoms with Crippen LogP contribution in [0.4, 0.5) is 0 Å². The van der Waals surface area contributed by atoms with Crippen molar-refractivity contribution in [2.45, 2.75) is 51.6 Å². The van der Waals surface area contributed by atoms with Gasteiger partial charge in [-0.2, -0.15) is 0 Å². The number of fused-ring (bicyclic) bond motifs is 1. The molecule has 0 bridgehead atoms. The van der Waals surface area contributed by atoms with Crippen molar-refractivity contribution in [2.75, 3.05) is 0 Å². The SMILES string of the molecule is CC1(C)CC2CC(C)(C)[N-]C2=N1.[Au+]. The molecule has 2 aliphatic heterocycles. The molecule has 1 unspecified atom stereocenters. The van der Waals surface area contributed by atoms with Gasteiger partial charge in [0, 0.05) is 0 Å². The van der Waals surface area contributed by atoms with Crippen molar-refractivity contribution < 1.29 is 22.4 Å². The monoisotopic (exact) mass is 362 g/mol. The van der Waals surface area contributed by atoms with Crippen LogP contribution in [0, 0.1) is 5.92 Å². The summed E-state index contributed by atoms with van der Waals surface area (Å²) in [6.45, 7) is 8.78. The van der Waals surface area contributed by atoms with Crippen molar-refractivity contribution in [3.05, 3.63) is 5.32 Å². The minimum atomic E-state index is 0. The average molecular weight is 362 g/mol. The van der Waals surface area contributed by atoms with Crippen LogP contribution in [0.25, 0.3) is 5.32 Å². The smallest absolute Gasteiger partial charge is 0.463 e. The minimum absolute atomic E-state index is 0. The van der Waals surface area contributed by atoms with Crippen molar-refractivity contribution in [3.63, 3.8) is 0 Å². The second-order valence-corrected chi connectivity index (χ2v) is 5.31. The molecule has 0 aliphatic carbocycles. The zero-order chi connectivity index (χ0) is 8.98. The van der Waals surface area contributed by atoms with Gasteiger partial charge in [0.15, 0.2) is 0 Å². The summed E-state index contributed by atoms with van der Waals surface area (Å²) < 4.78 is 0. The van der Waals surface area contributed by atoms with Gasteiger partial charge in [0.2, 0.25) is 0 Å². The molecule has 1 saturated heterocycles. The summed E-state index contributed by atoms with van der Waals surface area (Å²) in [6, 6.07) is 0. The third-order valence-corrected chi connectivity index (χ3v) is 2.69. The van der Waals surface area contributed by atoms with E-state index in [-0.39, 0.29) is 33.5 Å². The van der Waals surface area contributed by atoms with E-state index in [1.54, 1.807) is 0 Å². The summed E-state index contributed by atoms with van der Waals surface area (Å²) in [6.07, 6.45) is 2.38. The molecular weight excluding hydrogens is 345 g/mol. The van der Waals surface area contributed by atoms with E-state index in [0.29, 0.717) is 5.92 Å². The Morgan fingerprint density at radius 1 is 1.23 bits per heavy atom. The van der Waals surface area contributed by atoms with Crippen molar-refractivity contribution in [1.29, 1.82) is 0 Å². The number of amidine groups is 1. The summed E-state index contributed by atoms with van der Waals surface area (Å²) in [5.74, 6) is 1.78. The van der Waals surface area contributed by atoms with E-state index in [2.05, 4.69) is 38.0 Å². The third kappa shape index (κ3) is 2.17. The maximum Gasteiger partial charge on any atom is 1.00 e. The number of aliphatic imine (C=N–C) groups is 1. The Labute approximate surface area is 96.1 Å². The van der Waals surface area contributed by atoms with Crippen LogP contribution >= 0.6 is 0 Å². The molecule has 1 atom stereocenters. The van der Waals surface area contributed by atoms with Crippen LogP contribution in [0.3, 0.4) is 0 Å². The first kappa shape index (κ1) is 11.3. The molecule has 0 amide bonds. The Bertz CT molecular complexity index is 243. The molecule has 78 valence electrons. The molecule has 13 heavy (non-hydrogen) atoms. The fraction of sp³-hybridized carbons (Fsp3) is 0.900. The van der Waals surface area contributed by atoms with Gasteiger partial charge in [0.05, 0.1) is 0 Å². The van der Waals surface area contributed by atoms with E-state index in [1.165, 1.54) is 12.8 Å². The van der Waals surface area contributed by atoms with Crippen LogP contribution < -0.4 is 0 Å². The van der Waals surface area contributed by atoms with Gasteiger partial charge in [0.25, 0.3) is 0 Å². The summed E-state index contributed by atoms with van der Waals surface area (Å²) in [5, 5.41) is 4.63. The molecule has 0 saturated carbocycles. The van der Waals surface area contributed by atoms with Gasteiger partial charge in [-0.25, -0.2) is 0 Å². The molecule has 0 spiro atoms. The minimum Gasteiger partial charge on any atom is -0.463 e. The molecule has 2 rings (SSSR count). The Kier molecular flexibility index (Phi) is 2.70. The van der Waals surface area contributed by atoms with Crippen molar-refractivity contribution in [3.8, 4) is 0 Å². The fourth-order valence-electron chi connectivity index (χ4n) is 2.38. The van der Waals surface area contributed by atoms with E-state index >= 15 is 0 Å². The standard InChI is InChI=1S/C10H17N2.Au/c1-9(2)5-7-6-10(3,4)12-8(7)11-9;/h7H,5-6H2,1-4H3;/q-1;+1. The van der Waals surface area contributed by atoms with Crippen LogP contribution in [0.1, 0.15) is 40.5 Å². The van der Waals surface area contributed by atoms with Gasteiger partial charge in [0.1, 0.15) is 0 Å². The second-order valence-electron chi connectivity index (χ2n) is 5.31. The van der Waals surface area contributed by atoms with Gasteiger partial charge < -0.3 is 10.3 Å². The Balaban J connectivity index is 0.000000845. The van der Waals surface area contributed by atoms with Crippen LogP contribution in [0.2, 0.25) is 0 Å². The van der Waals surface area contributed by atoms with Gasteiger partial charge in [-0.05, 0) is 29.8 Å². The Morgan fingerprint density at radius 3 is 2.38 bits per heavy atom. The first-order chi connectivity index (χ1) is 5.38. The Morgan fingerprint density at radius 2 is 1.85 bits per heavy atom. The van der Waals surface area contributed by atoms with Gasteiger partial charge >= 0.3 is 22.4 Å². The van der Waals surface area contributed by atoms with Crippen LogP contribution in [0.15, 0.2) is 4.99 Å². The molecule has 0 radical (unpaired) electrons. The topological polar surface area (TPSA) is 26.5 Å². The van der Waals surface area contributed by atoms with E-state index in [4.69, 9.17) is 0 Å². The van der Waals surface area contributed by atoms with E-state index in [1.807, 2.05) is 0 Å². The van der Waals surface area contributed by atoms with E-state index in [0.717, 1.165) is 5.84 Å². The molecule has 0 aromatic carbocycles. The van der Waals surface area contributed by atoms with Crippen LogP contribution in [-0.2, 0) is 22.4 Å². The predicted octanol–water partition coefficient (Wildman–Crippen LogP) is 2.74. The molecule has 0 aromatic heterocycles. The maximum atomic E-state index is 4.63. The Hall–Kier alpha value is 0.210. The van der Waals surface area contributed by atoms with E-state index < -0.39 is 0 Å². The predicted molar refractivity (Wildman–Crippen MR) is 51.7 cm³/mol. The molecule has 0 N–H and O–H groups in total. The number of nitrogens with zero attached hydrogens (tertiary/aromatic N) is 2. The number of rotatable bonds is 0. The summed E-state index contributed by atoms with van der Waals surface area (Å²) in [4.78, 5) is 4.63. The molecule has 2 aliphatic rings. The van der Waals surface area contributed by atoms with E-state index in [9.17, 15) is 0 Å². The first-order valence-electron chi connectivity index (χ1n) is 4.71. The molecule has 2 heterocycles. The average Bonchev–Trinajstić information content (AvgIpc) is 2.12. The van der Waals surface area contributed by atoms with Crippen molar-refractivity contribution in [1.82, 2.24) is 0 Å². The van der Waals surface area contributed by atoms with Crippen LogP contribution in [-0.4, -0.2) is 16.9 Å². The molecule has 3 heteroatoms. The second kappa shape index (κ2) is 3.11. The van der Waals surface area contributed by atoms with Crippen molar-refractivity contribution >= 4 is 5.84 Å². The van der Waals surface area contributed by atoms with Crippen LogP contribution in [0.5, 0.6) is 0 Å². The molecule has 1 fully saturated rings. The number of hydrogen-bond acceptors (Lipinski definition) is 1. The summed E-state index contributed by atoms with van der Waals surface area (Å²) in [5.41, 5.74) is 0.306. The largest absolute Gasteiger partial charge is 1.00 e. The zero-order valence-corrected chi connectivity index (χ0v) is 10.9. The number of hydrogen-bond donors (Lipinski definition) is 0. The maximum absolute atomic E-state index is 4.63. The normalized spacial score (nSPS) is 32.9. The quantitative estimate of drug-likeness (QED) is 0.593. The first-order valence-corrected chi connectivity index (χ1v) is 4.71. The fourth-order valence-corrected chi connectivity index (χ4v) is 2.38. The molecule has 2 nitrogen and oxygen atoms in total.